The van der Waals surface area contributed by atoms with Crippen LogP contribution >= 0.6 is 0 Å². The van der Waals surface area contributed by atoms with Crippen molar-refractivity contribution in [1.82, 2.24) is 21.3 Å². The number of nitrogens with one attached hydrogen (secondary N) is 4. The Kier molecular flexibility index (Phi) is 39.4. The first-order valence-corrected chi connectivity index (χ1v) is 16.6. The number of rotatable bonds is 26. The van der Waals surface area contributed by atoms with Crippen LogP contribution in [0.1, 0.15) is 54.4 Å². The van der Waals surface area contributed by atoms with Gasteiger partial charge in [-0.3, -0.25) is 19.2 Å². The molecule has 0 aliphatic rings. The Hall–Kier alpha value is -2.86. The maximum atomic E-state index is 12.2. The highest BCUT2D eigenvalue weighted by Gasteiger charge is 2.21. The molecule has 0 aromatic carbocycles. The molecule has 290 valence electrons. The van der Waals surface area contributed by atoms with Crippen LogP contribution < -0.4 is 21.3 Å². The topological polar surface area (TPSA) is 208 Å². The van der Waals surface area contributed by atoms with Crippen LogP contribution in [0.2, 0.25) is 0 Å². The molecule has 0 spiro atoms. The SMILES string of the molecule is CC.CC(=O)NC(C=O)CCC=O.CNCCOCCOCC(=O)NCC[N+](C)(C)CC(=O)NCCOCCOCC(=O)C(C)(C)C.CO. The Morgan fingerprint density at radius 3 is 1.78 bits per heavy atom. The monoisotopic (exact) mass is 710 g/mol. The van der Waals surface area contributed by atoms with Crippen molar-refractivity contribution in [2.45, 2.75) is 60.4 Å². The maximum absolute atomic E-state index is 12.2. The fourth-order valence-electron chi connectivity index (χ4n) is 3.18. The second-order valence-electron chi connectivity index (χ2n) is 11.8. The molecule has 0 rings (SSSR count). The summed E-state index contributed by atoms with van der Waals surface area (Å²) in [6.45, 7) is 16.0. The van der Waals surface area contributed by atoms with Gasteiger partial charge < -0.3 is 59.4 Å². The summed E-state index contributed by atoms with van der Waals surface area (Å²) < 4.78 is 21.7. The standard InChI is InChI=1S/C23H46N4O7.C7H11NO3.C2H6.CH4O/c1-23(2,3)20(28)18-33-15-13-32-12-9-26-21(29)17-27(5,6)10-7-25-22(30)19-34-16-14-31-11-8-24-4;1-6(11)8-7(5-10)3-2-4-9;2*1-2/h24H,7-19H2,1-6H3,(H-,25,26,29,30);4-5,7H,2-3H2,1H3,(H,8,11);1-2H3;2H,1H3/p+1. The molecule has 0 aliphatic carbocycles. The molecule has 0 aliphatic heterocycles. The molecule has 0 aromatic heterocycles. The minimum absolute atomic E-state index is 0.0127. The lowest BCUT2D eigenvalue weighted by Gasteiger charge is -2.29. The average Bonchev–Trinajstić information content (AvgIpc) is 3.05. The fraction of sp³-hybridized carbons (Fsp3) is 0.818. The normalized spacial score (nSPS) is 11.2. The molecule has 0 aromatic rings. The van der Waals surface area contributed by atoms with Gasteiger partial charge in [0.15, 0.2) is 12.3 Å². The van der Waals surface area contributed by atoms with Crippen molar-refractivity contribution in [3.63, 3.8) is 0 Å². The summed E-state index contributed by atoms with van der Waals surface area (Å²) in [5, 5.41) is 18.0. The van der Waals surface area contributed by atoms with E-state index in [-0.39, 0.29) is 43.3 Å². The van der Waals surface area contributed by atoms with Gasteiger partial charge in [-0.25, -0.2) is 0 Å². The summed E-state index contributed by atoms with van der Waals surface area (Å²) in [7, 11) is 6.71. The van der Waals surface area contributed by atoms with E-state index < -0.39 is 11.5 Å². The van der Waals surface area contributed by atoms with Crippen LogP contribution in [0, 0.1) is 5.41 Å². The molecular weight excluding hydrogens is 642 g/mol. The quantitative estimate of drug-likeness (QED) is 0.0438. The highest BCUT2D eigenvalue weighted by molar-refractivity contribution is 5.84. The predicted octanol–water partition coefficient (Wildman–Crippen LogP) is -0.500. The molecule has 5 N–H and O–H groups in total. The van der Waals surface area contributed by atoms with Crippen molar-refractivity contribution in [1.29, 1.82) is 0 Å². The summed E-state index contributed by atoms with van der Waals surface area (Å²) in [6, 6.07) is -0.516. The first-order chi connectivity index (χ1) is 23.2. The number of nitrogens with zero attached hydrogens (tertiary/aromatic N) is 1. The Labute approximate surface area is 294 Å². The van der Waals surface area contributed by atoms with Crippen LogP contribution in [-0.4, -0.2) is 166 Å². The molecular formula is C33H68N5O11+. The lowest BCUT2D eigenvalue weighted by atomic mass is 9.91. The van der Waals surface area contributed by atoms with Crippen molar-refractivity contribution in [3.05, 3.63) is 0 Å². The second kappa shape index (κ2) is 36.4. The highest BCUT2D eigenvalue weighted by Crippen LogP contribution is 2.14. The van der Waals surface area contributed by atoms with E-state index in [1.165, 1.54) is 6.92 Å². The maximum Gasteiger partial charge on any atom is 0.275 e. The zero-order valence-electron chi connectivity index (χ0n) is 31.8. The molecule has 0 saturated heterocycles. The molecule has 0 radical (unpaired) electrons. The van der Waals surface area contributed by atoms with Crippen LogP contribution in [0.15, 0.2) is 0 Å². The van der Waals surface area contributed by atoms with Gasteiger partial charge >= 0.3 is 0 Å². The van der Waals surface area contributed by atoms with E-state index in [1.54, 1.807) is 0 Å². The number of likely N-dealkylation sites (N-methyl/N-ethyl adjacent to an activating group) is 2. The van der Waals surface area contributed by atoms with Gasteiger partial charge in [-0.1, -0.05) is 34.6 Å². The van der Waals surface area contributed by atoms with Gasteiger partial charge in [0.2, 0.25) is 11.8 Å². The van der Waals surface area contributed by atoms with Gasteiger partial charge in [-0.05, 0) is 13.5 Å². The Balaban J connectivity index is -0.000000564. The van der Waals surface area contributed by atoms with E-state index in [1.807, 2.05) is 55.8 Å². The predicted molar refractivity (Wildman–Crippen MR) is 188 cm³/mol. The van der Waals surface area contributed by atoms with Gasteiger partial charge in [-0.15, -0.1) is 0 Å². The lowest BCUT2D eigenvalue weighted by Crippen LogP contribution is -2.51. The third-order valence-electron chi connectivity index (χ3n) is 5.87. The van der Waals surface area contributed by atoms with Crippen molar-refractivity contribution >= 4 is 36.1 Å². The summed E-state index contributed by atoms with van der Waals surface area (Å²) in [4.78, 5) is 66.2. The molecule has 49 heavy (non-hydrogen) atoms. The number of aldehydes is 2. The van der Waals surface area contributed by atoms with Crippen molar-refractivity contribution < 1.29 is 57.3 Å². The van der Waals surface area contributed by atoms with E-state index in [4.69, 9.17) is 24.1 Å². The van der Waals surface area contributed by atoms with E-state index in [0.29, 0.717) is 82.9 Å². The molecule has 0 saturated carbocycles. The number of quaternary nitrogens is 1. The number of Topliss-reactive ketones (excluding diaryl/α,β-unsaturated/α-hetero) is 1. The molecule has 3 amide bonds. The molecule has 0 fully saturated rings. The number of hydrogen-bond acceptors (Lipinski definition) is 12. The van der Waals surface area contributed by atoms with Crippen molar-refractivity contribution in [3.8, 4) is 0 Å². The van der Waals surface area contributed by atoms with Crippen LogP contribution in [0.25, 0.3) is 0 Å². The summed E-state index contributed by atoms with van der Waals surface area (Å²) in [5.74, 6) is -0.486. The zero-order valence-corrected chi connectivity index (χ0v) is 31.8. The third kappa shape index (κ3) is 41.2. The molecule has 16 nitrogen and oxygen atoms in total. The Morgan fingerprint density at radius 2 is 1.29 bits per heavy atom. The van der Waals surface area contributed by atoms with Crippen molar-refractivity contribution in [2.24, 2.45) is 5.41 Å². The zero-order chi connectivity index (χ0) is 38.6. The summed E-state index contributed by atoms with van der Waals surface area (Å²) >= 11 is 0. The first kappa shape index (κ1) is 52.9. The number of ether oxygens (including phenoxy) is 4. The summed E-state index contributed by atoms with van der Waals surface area (Å²) in [5.41, 5.74) is -0.404. The van der Waals surface area contributed by atoms with E-state index in [0.717, 1.165) is 19.9 Å². The van der Waals surface area contributed by atoms with E-state index in [2.05, 4.69) is 21.3 Å². The number of aliphatic hydroxyl groups excluding tert-OH is 1. The lowest BCUT2D eigenvalue weighted by molar-refractivity contribution is -0.881. The number of carbonyl (C=O) groups excluding carboxylic acids is 6. The number of amides is 3. The molecule has 0 heterocycles. The van der Waals surface area contributed by atoms with Crippen molar-refractivity contribution in [2.75, 3.05) is 114 Å². The fourth-order valence-corrected chi connectivity index (χ4v) is 3.18. The third-order valence-corrected chi connectivity index (χ3v) is 5.87. The molecule has 16 heteroatoms. The smallest absolute Gasteiger partial charge is 0.275 e. The van der Waals surface area contributed by atoms with Crippen LogP contribution in [0.5, 0.6) is 0 Å². The number of aliphatic hydroxyl groups is 1. The number of hydrogen-bond donors (Lipinski definition) is 5. The minimum Gasteiger partial charge on any atom is -0.400 e. The highest BCUT2D eigenvalue weighted by atomic mass is 16.5. The molecule has 1 atom stereocenters. The summed E-state index contributed by atoms with van der Waals surface area (Å²) in [6.07, 6.45) is 2.03. The van der Waals surface area contributed by atoms with Crippen LogP contribution in [0.4, 0.5) is 0 Å². The Morgan fingerprint density at radius 1 is 0.776 bits per heavy atom. The van der Waals surface area contributed by atoms with Gasteiger partial charge in [0.1, 0.15) is 25.8 Å². The average molecular weight is 711 g/mol. The van der Waals surface area contributed by atoms with Gasteiger partial charge in [0, 0.05) is 39.0 Å². The van der Waals surface area contributed by atoms with E-state index in [9.17, 15) is 28.8 Å². The van der Waals surface area contributed by atoms with Gasteiger partial charge in [-0.2, -0.15) is 0 Å². The van der Waals surface area contributed by atoms with Crippen LogP contribution in [-0.2, 0) is 47.7 Å². The van der Waals surface area contributed by atoms with Gasteiger partial charge in [0.25, 0.3) is 5.91 Å². The number of ketones is 1. The minimum atomic E-state index is -0.516. The van der Waals surface area contributed by atoms with E-state index >= 15 is 0 Å². The first-order valence-electron chi connectivity index (χ1n) is 16.6. The largest absolute Gasteiger partial charge is 0.400 e. The van der Waals surface area contributed by atoms with Gasteiger partial charge in [0.05, 0.1) is 72.9 Å². The molecule has 0 bridgehead atoms. The second-order valence-corrected chi connectivity index (χ2v) is 11.8. The van der Waals surface area contributed by atoms with Crippen LogP contribution in [0.3, 0.4) is 0 Å². The Bertz CT molecular complexity index is 853. The number of carbonyl (C=O) groups is 6. The molecule has 1 unspecified atom stereocenters.